The Morgan fingerprint density at radius 3 is 2.44 bits per heavy atom. The van der Waals surface area contributed by atoms with Gasteiger partial charge in [0.05, 0.1) is 12.7 Å². The Kier molecular flexibility index (Phi) is 6.35. The number of hydrogen-bond acceptors (Lipinski definition) is 6. The summed E-state index contributed by atoms with van der Waals surface area (Å²) in [6, 6.07) is 26.9. The molecule has 7 nitrogen and oxygen atoms in total. The SMILES string of the molecule is COc1ccccc1C(=O)N1CCN(Cc2ccccc2)CC1c1nc(-c2ccccc2)no1. The van der Waals surface area contributed by atoms with Gasteiger partial charge in [-0.3, -0.25) is 9.69 Å². The molecule has 1 aromatic heterocycles. The summed E-state index contributed by atoms with van der Waals surface area (Å²) in [6.45, 7) is 2.66. The number of carbonyl (C=O) groups excluding carboxylic acids is 1. The largest absolute Gasteiger partial charge is 0.496 e. The minimum absolute atomic E-state index is 0.110. The molecular formula is C27H26N4O3. The minimum Gasteiger partial charge on any atom is -0.496 e. The van der Waals surface area contributed by atoms with E-state index < -0.39 is 0 Å². The van der Waals surface area contributed by atoms with Gasteiger partial charge < -0.3 is 14.2 Å². The van der Waals surface area contributed by atoms with E-state index in [4.69, 9.17) is 9.26 Å². The van der Waals surface area contributed by atoms with Crippen LogP contribution < -0.4 is 4.74 Å². The van der Waals surface area contributed by atoms with Crippen LogP contribution in [0.25, 0.3) is 11.4 Å². The zero-order valence-electron chi connectivity index (χ0n) is 19.0. The van der Waals surface area contributed by atoms with Crippen molar-refractivity contribution in [2.24, 2.45) is 0 Å². The van der Waals surface area contributed by atoms with Crippen LogP contribution in [0.1, 0.15) is 27.9 Å². The first kappa shape index (κ1) is 21.9. The molecule has 1 unspecified atom stereocenters. The Bertz CT molecular complexity index is 1240. The molecule has 2 heterocycles. The average Bonchev–Trinajstić information content (AvgIpc) is 3.40. The number of piperazine rings is 1. The molecule has 4 aromatic rings. The van der Waals surface area contributed by atoms with Crippen molar-refractivity contribution < 1.29 is 14.1 Å². The van der Waals surface area contributed by atoms with Crippen molar-refractivity contribution in [1.29, 1.82) is 0 Å². The molecule has 1 aliphatic heterocycles. The quantitative estimate of drug-likeness (QED) is 0.429. The normalized spacial score (nSPS) is 16.4. The van der Waals surface area contributed by atoms with Crippen molar-refractivity contribution in [3.63, 3.8) is 0 Å². The molecular weight excluding hydrogens is 428 g/mol. The van der Waals surface area contributed by atoms with Crippen molar-refractivity contribution in [3.05, 3.63) is 102 Å². The number of benzene rings is 3. The standard InChI is InChI=1S/C27H26N4O3/c1-33-24-15-9-8-14-22(24)27(32)31-17-16-30(18-20-10-4-2-5-11-20)19-23(31)26-28-25(29-34-26)21-12-6-3-7-13-21/h2-15,23H,16-19H2,1H3. The predicted octanol–water partition coefficient (Wildman–Crippen LogP) is 4.44. The highest BCUT2D eigenvalue weighted by Crippen LogP contribution is 2.30. The smallest absolute Gasteiger partial charge is 0.258 e. The molecule has 1 amide bonds. The lowest BCUT2D eigenvalue weighted by Crippen LogP contribution is -2.50. The summed E-state index contributed by atoms with van der Waals surface area (Å²) in [5.74, 6) is 1.38. The summed E-state index contributed by atoms with van der Waals surface area (Å²) in [6.07, 6.45) is 0. The maximum Gasteiger partial charge on any atom is 0.258 e. The third-order valence-corrected chi connectivity index (χ3v) is 6.07. The Hall–Kier alpha value is -3.97. The molecule has 0 aliphatic carbocycles. The van der Waals surface area contributed by atoms with Crippen LogP contribution in [-0.4, -0.2) is 52.6 Å². The van der Waals surface area contributed by atoms with Crippen LogP contribution in [0.15, 0.2) is 89.5 Å². The van der Waals surface area contributed by atoms with Crippen molar-refractivity contribution in [1.82, 2.24) is 19.9 Å². The van der Waals surface area contributed by atoms with Gasteiger partial charge in [0.25, 0.3) is 11.8 Å². The van der Waals surface area contributed by atoms with E-state index >= 15 is 0 Å². The Balaban J connectivity index is 1.45. The predicted molar refractivity (Wildman–Crippen MR) is 128 cm³/mol. The molecule has 1 fully saturated rings. The zero-order chi connectivity index (χ0) is 23.3. The summed E-state index contributed by atoms with van der Waals surface area (Å²) in [4.78, 5) is 22.5. The van der Waals surface area contributed by atoms with Gasteiger partial charge in [-0.25, -0.2) is 0 Å². The fourth-order valence-corrected chi connectivity index (χ4v) is 4.33. The van der Waals surface area contributed by atoms with Crippen molar-refractivity contribution in [2.45, 2.75) is 12.6 Å². The molecule has 0 spiro atoms. The second-order valence-electron chi connectivity index (χ2n) is 8.26. The molecule has 1 saturated heterocycles. The number of hydrogen-bond donors (Lipinski definition) is 0. The van der Waals surface area contributed by atoms with Gasteiger partial charge >= 0.3 is 0 Å². The monoisotopic (exact) mass is 454 g/mol. The topological polar surface area (TPSA) is 71.7 Å². The molecule has 0 bridgehead atoms. The van der Waals surface area contributed by atoms with Gasteiger partial charge in [0, 0.05) is 31.7 Å². The van der Waals surface area contributed by atoms with Gasteiger partial charge in [-0.05, 0) is 17.7 Å². The minimum atomic E-state index is -0.375. The number of rotatable bonds is 6. The fourth-order valence-electron chi connectivity index (χ4n) is 4.33. The summed E-state index contributed by atoms with van der Waals surface area (Å²) in [5, 5.41) is 4.20. The van der Waals surface area contributed by atoms with Gasteiger partial charge in [-0.1, -0.05) is 78.0 Å². The first-order valence-electron chi connectivity index (χ1n) is 11.3. The number of nitrogens with zero attached hydrogens (tertiary/aromatic N) is 4. The van der Waals surface area contributed by atoms with Crippen LogP contribution in [0.2, 0.25) is 0 Å². The maximum atomic E-state index is 13.6. The van der Waals surface area contributed by atoms with Gasteiger partial charge in [0.15, 0.2) is 0 Å². The van der Waals surface area contributed by atoms with Gasteiger partial charge in [-0.15, -0.1) is 0 Å². The summed E-state index contributed by atoms with van der Waals surface area (Å²) >= 11 is 0. The third kappa shape index (κ3) is 4.56. The highest BCUT2D eigenvalue weighted by atomic mass is 16.5. The molecule has 0 saturated carbocycles. The fraction of sp³-hybridized carbons (Fsp3) is 0.222. The van der Waals surface area contributed by atoms with E-state index in [1.165, 1.54) is 5.56 Å². The first-order valence-corrected chi connectivity index (χ1v) is 11.3. The highest BCUT2D eigenvalue weighted by molar-refractivity contribution is 5.97. The number of aromatic nitrogens is 2. The molecule has 172 valence electrons. The van der Waals surface area contributed by atoms with Crippen LogP contribution in [0.5, 0.6) is 5.75 Å². The molecule has 3 aromatic carbocycles. The van der Waals surface area contributed by atoms with E-state index in [1.54, 1.807) is 19.2 Å². The lowest BCUT2D eigenvalue weighted by Gasteiger charge is -2.39. The molecule has 5 rings (SSSR count). The lowest BCUT2D eigenvalue weighted by atomic mass is 10.1. The molecule has 1 atom stereocenters. The van der Waals surface area contributed by atoms with Crippen LogP contribution in [-0.2, 0) is 6.54 Å². The van der Waals surface area contributed by atoms with Crippen molar-refractivity contribution >= 4 is 5.91 Å². The first-order chi connectivity index (χ1) is 16.7. The van der Waals surface area contributed by atoms with Crippen LogP contribution >= 0.6 is 0 Å². The lowest BCUT2D eigenvalue weighted by molar-refractivity contribution is 0.0355. The average molecular weight is 455 g/mol. The summed E-state index contributed by atoms with van der Waals surface area (Å²) in [5.41, 5.74) is 2.62. The van der Waals surface area contributed by atoms with E-state index in [0.29, 0.717) is 36.1 Å². The van der Waals surface area contributed by atoms with E-state index in [0.717, 1.165) is 18.7 Å². The summed E-state index contributed by atoms with van der Waals surface area (Å²) < 4.78 is 11.2. The number of methoxy groups -OCH3 is 1. The Labute approximate surface area is 198 Å². The van der Waals surface area contributed by atoms with Gasteiger partial charge in [-0.2, -0.15) is 4.98 Å². The van der Waals surface area contributed by atoms with E-state index in [9.17, 15) is 4.79 Å². The Morgan fingerprint density at radius 2 is 1.68 bits per heavy atom. The maximum absolute atomic E-state index is 13.6. The zero-order valence-corrected chi connectivity index (χ0v) is 19.0. The van der Waals surface area contributed by atoms with E-state index in [2.05, 4.69) is 27.2 Å². The second-order valence-corrected chi connectivity index (χ2v) is 8.26. The summed E-state index contributed by atoms with van der Waals surface area (Å²) in [7, 11) is 1.57. The van der Waals surface area contributed by atoms with Crippen LogP contribution in [0.4, 0.5) is 0 Å². The van der Waals surface area contributed by atoms with E-state index in [-0.39, 0.29) is 11.9 Å². The van der Waals surface area contributed by atoms with E-state index in [1.807, 2.05) is 65.6 Å². The Morgan fingerprint density at radius 1 is 0.971 bits per heavy atom. The molecule has 0 radical (unpaired) electrons. The van der Waals surface area contributed by atoms with Crippen LogP contribution in [0.3, 0.4) is 0 Å². The number of amides is 1. The number of ether oxygens (including phenoxy) is 1. The molecule has 7 heteroatoms. The third-order valence-electron chi connectivity index (χ3n) is 6.07. The van der Waals surface area contributed by atoms with Gasteiger partial charge in [0.2, 0.25) is 5.82 Å². The highest BCUT2D eigenvalue weighted by Gasteiger charge is 2.36. The van der Waals surface area contributed by atoms with Crippen LogP contribution in [0, 0.1) is 0 Å². The number of carbonyl (C=O) groups is 1. The molecule has 0 N–H and O–H groups in total. The van der Waals surface area contributed by atoms with Crippen molar-refractivity contribution in [3.8, 4) is 17.1 Å². The molecule has 34 heavy (non-hydrogen) atoms. The molecule has 1 aliphatic rings. The second kappa shape index (κ2) is 9.89. The van der Waals surface area contributed by atoms with Crippen molar-refractivity contribution in [2.75, 3.05) is 26.7 Å². The number of para-hydroxylation sites is 1. The van der Waals surface area contributed by atoms with Gasteiger partial charge in [0.1, 0.15) is 11.8 Å².